The Labute approximate surface area is 122 Å². The van der Waals surface area contributed by atoms with Crippen LogP contribution in [0.4, 0.5) is 0 Å². The number of aryl methyl sites for hydroxylation is 1. The van der Waals surface area contributed by atoms with Crippen LogP contribution in [0.1, 0.15) is 21.8 Å². The first-order valence-corrected chi connectivity index (χ1v) is 6.66. The van der Waals surface area contributed by atoms with Gasteiger partial charge in [-0.15, -0.1) is 0 Å². The van der Waals surface area contributed by atoms with Crippen molar-refractivity contribution in [2.45, 2.75) is 13.5 Å². The van der Waals surface area contributed by atoms with Crippen LogP contribution in [0.15, 0.2) is 47.1 Å². The molecule has 0 atom stereocenters. The lowest BCUT2D eigenvalue weighted by Crippen LogP contribution is -2.26. The van der Waals surface area contributed by atoms with Crippen LogP contribution in [0.3, 0.4) is 0 Å². The van der Waals surface area contributed by atoms with Gasteiger partial charge in [-0.1, -0.05) is 17.3 Å². The maximum absolute atomic E-state index is 12.6. The smallest absolute Gasteiger partial charge is 0.254 e. The largest absolute Gasteiger partial charge is 0.361 e. The van der Waals surface area contributed by atoms with Crippen molar-refractivity contribution >= 4 is 16.8 Å². The Morgan fingerprint density at radius 2 is 2.14 bits per heavy atom. The molecule has 0 saturated heterocycles. The van der Waals surface area contributed by atoms with Gasteiger partial charge in [0.2, 0.25) is 0 Å². The summed E-state index contributed by atoms with van der Waals surface area (Å²) >= 11 is 0. The number of amides is 1. The van der Waals surface area contributed by atoms with Gasteiger partial charge in [-0.2, -0.15) is 0 Å². The molecule has 0 aliphatic carbocycles. The molecular formula is C16H15N3O2. The van der Waals surface area contributed by atoms with Crippen LogP contribution >= 0.6 is 0 Å². The molecule has 5 nitrogen and oxygen atoms in total. The molecule has 0 saturated carbocycles. The van der Waals surface area contributed by atoms with Gasteiger partial charge in [0.05, 0.1) is 12.1 Å². The maximum Gasteiger partial charge on any atom is 0.254 e. The topological polar surface area (TPSA) is 59.2 Å². The number of benzene rings is 1. The summed E-state index contributed by atoms with van der Waals surface area (Å²) in [7, 11) is 1.75. The van der Waals surface area contributed by atoms with Gasteiger partial charge in [-0.3, -0.25) is 9.78 Å². The SMILES string of the molecule is Cc1cc(CN(C)C(=O)c2cccc3ncccc23)no1. The summed E-state index contributed by atoms with van der Waals surface area (Å²) in [5.74, 6) is 0.675. The normalized spacial score (nSPS) is 10.8. The van der Waals surface area contributed by atoms with E-state index in [0.717, 1.165) is 22.4 Å². The van der Waals surface area contributed by atoms with E-state index in [0.29, 0.717) is 12.1 Å². The number of rotatable bonds is 3. The van der Waals surface area contributed by atoms with Gasteiger partial charge in [0.1, 0.15) is 11.5 Å². The van der Waals surface area contributed by atoms with Crippen LogP contribution < -0.4 is 0 Å². The predicted octanol–water partition coefficient (Wildman–Crippen LogP) is 2.80. The average molecular weight is 281 g/mol. The van der Waals surface area contributed by atoms with Crippen LogP contribution in [-0.4, -0.2) is 28.0 Å². The molecule has 1 aromatic carbocycles. The van der Waals surface area contributed by atoms with Crippen molar-refractivity contribution in [2.75, 3.05) is 7.05 Å². The number of hydrogen-bond acceptors (Lipinski definition) is 4. The summed E-state index contributed by atoms with van der Waals surface area (Å²) in [5, 5.41) is 4.77. The van der Waals surface area contributed by atoms with E-state index >= 15 is 0 Å². The second-order valence-electron chi connectivity index (χ2n) is 4.97. The molecule has 2 heterocycles. The molecule has 0 aliphatic rings. The first-order chi connectivity index (χ1) is 10.1. The van der Waals surface area contributed by atoms with E-state index in [-0.39, 0.29) is 5.91 Å². The molecule has 5 heteroatoms. The first-order valence-electron chi connectivity index (χ1n) is 6.66. The molecule has 0 aliphatic heterocycles. The third-order valence-electron chi connectivity index (χ3n) is 3.30. The minimum atomic E-state index is -0.0609. The molecule has 3 aromatic rings. The highest BCUT2D eigenvalue weighted by atomic mass is 16.5. The quantitative estimate of drug-likeness (QED) is 0.740. The van der Waals surface area contributed by atoms with Crippen molar-refractivity contribution in [3.05, 3.63) is 59.6 Å². The van der Waals surface area contributed by atoms with Crippen molar-refractivity contribution in [2.24, 2.45) is 0 Å². The standard InChI is InChI=1S/C16H15N3O2/c1-11-9-12(18-21-11)10-19(2)16(20)14-5-3-7-15-13(14)6-4-8-17-15/h3-9H,10H2,1-2H3. The molecule has 0 spiro atoms. The third kappa shape index (κ3) is 2.63. The Morgan fingerprint density at radius 3 is 2.90 bits per heavy atom. The average Bonchev–Trinajstić information content (AvgIpc) is 2.91. The van der Waals surface area contributed by atoms with Crippen LogP contribution in [0.5, 0.6) is 0 Å². The van der Waals surface area contributed by atoms with E-state index in [1.54, 1.807) is 18.1 Å². The summed E-state index contributed by atoms with van der Waals surface area (Å²) in [6, 6.07) is 11.1. The van der Waals surface area contributed by atoms with Gasteiger partial charge < -0.3 is 9.42 Å². The molecule has 1 amide bonds. The molecule has 0 unspecified atom stereocenters. The zero-order valence-electron chi connectivity index (χ0n) is 11.9. The Kier molecular flexibility index (Phi) is 3.39. The van der Waals surface area contributed by atoms with Gasteiger partial charge in [-0.25, -0.2) is 0 Å². The second-order valence-corrected chi connectivity index (χ2v) is 4.97. The van der Waals surface area contributed by atoms with E-state index in [1.165, 1.54) is 0 Å². The fraction of sp³-hybridized carbons (Fsp3) is 0.188. The first kappa shape index (κ1) is 13.3. The van der Waals surface area contributed by atoms with Crippen LogP contribution in [-0.2, 0) is 6.54 Å². The fourth-order valence-corrected chi connectivity index (χ4v) is 2.30. The number of fused-ring (bicyclic) bond motifs is 1. The number of aromatic nitrogens is 2. The molecule has 3 rings (SSSR count). The summed E-state index contributed by atoms with van der Waals surface area (Å²) in [4.78, 5) is 18.5. The molecule has 0 bridgehead atoms. The number of pyridine rings is 1. The second kappa shape index (κ2) is 5.36. The molecule has 2 aromatic heterocycles. The van der Waals surface area contributed by atoms with E-state index in [2.05, 4.69) is 10.1 Å². The van der Waals surface area contributed by atoms with Crippen molar-refractivity contribution in [3.8, 4) is 0 Å². The van der Waals surface area contributed by atoms with Gasteiger partial charge in [-0.05, 0) is 25.1 Å². The van der Waals surface area contributed by atoms with Crippen LogP contribution in [0.25, 0.3) is 10.9 Å². The minimum Gasteiger partial charge on any atom is -0.361 e. The van der Waals surface area contributed by atoms with E-state index < -0.39 is 0 Å². The maximum atomic E-state index is 12.6. The Morgan fingerprint density at radius 1 is 1.29 bits per heavy atom. The highest BCUT2D eigenvalue weighted by Gasteiger charge is 2.16. The van der Waals surface area contributed by atoms with E-state index in [1.807, 2.05) is 43.3 Å². The van der Waals surface area contributed by atoms with Crippen molar-refractivity contribution in [1.29, 1.82) is 0 Å². The molecule has 0 radical (unpaired) electrons. The number of hydrogen-bond donors (Lipinski definition) is 0. The highest BCUT2D eigenvalue weighted by Crippen LogP contribution is 2.18. The Balaban J connectivity index is 1.89. The lowest BCUT2D eigenvalue weighted by atomic mass is 10.1. The monoisotopic (exact) mass is 281 g/mol. The summed E-state index contributed by atoms with van der Waals surface area (Å²) in [6.07, 6.45) is 1.72. The number of carbonyl (C=O) groups is 1. The lowest BCUT2D eigenvalue weighted by molar-refractivity contribution is 0.0784. The van der Waals surface area contributed by atoms with Gasteiger partial charge in [0, 0.05) is 30.3 Å². The van der Waals surface area contributed by atoms with Crippen molar-refractivity contribution in [1.82, 2.24) is 15.0 Å². The number of nitrogens with zero attached hydrogens (tertiary/aromatic N) is 3. The van der Waals surface area contributed by atoms with E-state index in [9.17, 15) is 4.79 Å². The van der Waals surface area contributed by atoms with Gasteiger partial charge in [0.25, 0.3) is 5.91 Å². The van der Waals surface area contributed by atoms with Crippen LogP contribution in [0, 0.1) is 6.92 Å². The molecular weight excluding hydrogens is 266 g/mol. The minimum absolute atomic E-state index is 0.0609. The predicted molar refractivity (Wildman–Crippen MR) is 78.8 cm³/mol. The summed E-state index contributed by atoms with van der Waals surface area (Å²) in [6.45, 7) is 2.24. The zero-order valence-corrected chi connectivity index (χ0v) is 11.9. The lowest BCUT2D eigenvalue weighted by Gasteiger charge is -2.16. The summed E-state index contributed by atoms with van der Waals surface area (Å²) < 4.78 is 5.02. The molecule has 0 fully saturated rings. The molecule has 106 valence electrons. The Bertz CT molecular complexity index is 790. The van der Waals surface area contributed by atoms with Gasteiger partial charge >= 0.3 is 0 Å². The molecule has 0 N–H and O–H groups in total. The van der Waals surface area contributed by atoms with Crippen molar-refractivity contribution in [3.63, 3.8) is 0 Å². The zero-order chi connectivity index (χ0) is 14.8. The van der Waals surface area contributed by atoms with Crippen LogP contribution in [0.2, 0.25) is 0 Å². The molecule has 21 heavy (non-hydrogen) atoms. The Hall–Kier alpha value is -2.69. The number of carbonyl (C=O) groups excluding carboxylic acids is 1. The fourth-order valence-electron chi connectivity index (χ4n) is 2.30. The third-order valence-corrected chi connectivity index (χ3v) is 3.30. The summed E-state index contributed by atoms with van der Waals surface area (Å²) in [5.41, 5.74) is 2.19. The van der Waals surface area contributed by atoms with Gasteiger partial charge in [0.15, 0.2) is 0 Å². The highest BCUT2D eigenvalue weighted by molar-refractivity contribution is 6.05. The van der Waals surface area contributed by atoms with E-state index in [4.69, 9.17) is 4.52 Å². The van der Waals surface area contributed by atoms with Crippen molar-refractivity contribution < 1.29 is 9.32 Å².